The maximum Gasteiger partial charge on any atom is 0.216 e. The van der Waals surface area contributed by atoms with Gasteiger partial charge in [-0.15, -0.1) is 24.0 Å². The molecular weight excluding hydrogens is 453 g/mol. The molecule has 0 amide bonds. The molecule has 0 aromatic carbocycles. The first-order chi connectivity index (χ1) is 12.3. The summed E-state index contributed by atoms with van der Waals surface area (Å²) < 4.78 is 5.83. The first kappa shape index (κ1) is 23.9. The predicted molar refractivity (Wildman–Crippen MR) is 123 cm³/mol. The Kier molecular flexibility index (Phi) is 9.80. The summed E-state index contributed by atoms with van der Waals surface area (Å²) in [5, 5.41) is 6.88. The molecule has 0 unspecified atom stereocenters. The normalized spacial score (nSPS) is 16.7. The molecule has 1 aliphatic heterocycles. The molecule has 154 valence electrons. The molecule has 1 saturated heterocycles. The van der Waals surface area contributed by atoms with Crippen molar-refractivity contribution >= 4 is 29.9 Å². The van der Waals surface area contributed by atoms with Crippen LogP contribution in [0.15, 0.2) is 27.8 Å². The van der Waals surface area contributed by atoms with Gasteiger partial charge in [0.1, 0.15) is 12.3 Å². The lowest BCUT2D eigenvalue weighted by molar-refractivity contribution is 0.221. The van der Waals surface area contributed by atoms with Crippen molar-refractivity contribution < 1.29 is 4.42 Å². The number of likely N-dealkylation sites (tertiary alicyclic amines) is 1. The zero-order chi connectivity index (χ0) is 19.2. The molecule has 2 rings (SSSR count). The molecule has 0 atom stereocenters. The van der Waals surface area contributed by atoms with E-state index in [0.717, 1.165) is 50.7 Å². The number of halogens is 1. The Balaban J connectivity index is 0.00000364. The van der Waals surface area contributed by atoms with Gasteiger partial charge in [-0.2, -0.15) is 0 Å². The van der Waals surface area contributed by atoms with Crippen molar-refractivity contribution in [1.29, 1.82) is 0 Å². The molecule has 0 spiro atoms. The van der Waals surface area contributed by atoms with E-state index < -0.39 is 0 Å². The number of guanidine groups is 1. The van der Waals surface area contributed by atoms with E-state index in [9.17, 15) is 0 Å². The van der Waals surface area contributed by atoms with Crippen molar-refractivity contribution in [3.05, 3.63) is 30.0 Å². The molecule has 7 heteroatoms. The molecule has 1 fully saturated rings. The predicted octanol–water partition coefficient (Wildman–Crippen LogP) is 3.69. The Hall–Kier alpha value is -1.09. The van der Waals surface area contributed by atoms with Crippen LogP contribution in [0.4, 0.5) is 0 Å². The summed E-state index contributed by atoms with van der Waals surface area (Å²) in [6, 6.07) is 0.448. The second-order valence-corrected chi connectivity index (χ2v) is 8.22. The molecule has 1 aliphatic rings. The molecule has 0 bridgehead atoms. The summed E-state index contributed by atoms with van der Waals surface area (Å²) in [5.74, 6) is 2.38. The van der Waals surface area contributed by atoms with Crippen LogP contribution in [0.2, 0.25) is 0 Å². The van der Waals surface area contributed by atoms with Crippen molar-refractivity contribution in [2.75, 3.05) is 26.2 Å². The number of hydrogen-bond acceptors (Lipinski definition) is 4. The van der Waals surface area contributed by atoms with Crippen LogP contribution in [-0.4, -0.2) is 48.1 Å². The molecule has 27 heavy (non-hydrogen) atoms. The highest BCUT2D eigenvalue weighted by atomic mass is 127. The lowest BCUT2D eigenvalue weighted by Gasteiger charge is -2.33. The molecule has 6 nitrogen and oxygen atoms in total. The second kappa shape index (κ2) is 11.0. The molecule has 2 heterocycles. The third-order valence-electron chi connectivity index (χ3n) is 4.43. The fourth-order valence-electron chi connectivity index (χ4n) is 3.01. The number of aromatic nitrogens is 1. The lowest BCUT2D eigenvalue weighted by atomic mass is 9.94. The maximum atomic E-state index is 5.83. The van der Waals surface area contributed by atoms with Crippen molar-refractivity contribution in [3.63, 3.8) is 0 Å². The van der Waals surface area contributed by atoms with Gasteiger partial charge in [0, 0.05) is 37.6 Å². The van der Waals surface area contributed by atoms with Gasteiger partial charge in [0.2, 0.25) is 5.89 Å². The van der Waals surface area contributed by atoms with Crippen LogP contribution < -0.4 is 10.6 Å². The zero-order valence-corrected chi connectivity index (χ0v) is 19.8. The van der Waals surface area contributed by atoms with Gasteiger partial charge in [-0.3, -0.25) is 4.90 Å². The lowest BCUT2D eigenvalue weighted by Crippen LogP contribution is -2.48. The Labute approximate surface area is 181 Å². The first-order valence-electron chi connectivity index (χ1n) is 9.64. The van der Waals surface area contributed by atoms with Crippen LogP contribution >= 0.6 is 24.0 Å². The van der Waals surface area contributed by atoms with Crippen LogP contribution in [0.25, 0.3) is 0 Å². The third-order valence-corrected chi connectivity index (χ3v) is 4.43. The van der Waals surface area contributed by atoms with Crippen molar-refractivity contribution in [2.45, 2.75) is 65.5 Å². The van der Waals surface area contributed by atoms with Crippen LogP contribution in [0, 0.1) is 0 Å². The summed E-state index contributed by atoms with van der Waals surface area (Å²) in [6.07, 6.45) is 4.04. The van der Waals surface area contributed by atoms with Crippen LogP contribution in [0.5, 0.6) is 0 Å². The van der Waals surface area contributed by atoms with E-state index >= 15 is 0 Å². The van der Waals surface area contributed by atoms with E-state index in [0.29, 0.717) is 18.5 Å². The van der Waals surface area contributed by atoms with E-state index in [4.69, 9.17) is 4.42 Å². The molecule has 1 aromatic heterocycles. The SMILES string of the molecule is C=C(C)CN1CCC(NC(=NCc2ncc(C(C)(C)C)o2)NCC)CC1.I. The molecular formula is C20H36IN5O. The van der Waals surface area contributed by atoms with Gasteiger partial charge >= 0.3 is 0 Å². The third kappa shape index (κ3) is 8.21. The highest BCUT2D eigenvalue weighted by molar-refractivity contribution is 14.0. The highest BCUT2D eigenvalue weighted by Crippen LogP contribution is 2.22. The van der Waals surface area contributed by atoms with E-state index in [-0.39, 0.29) is 29.4 Å². The van der Waals surface area contributed by atoms with E-state index in [1.54, 1.807) is 0 Å². The molecule has 1 aromatic rings. The fraction of sp³-hybridized carbons (Fsp3) is 0.700. The summed E-state index contributed by atoms with van der Waals surface area (Å²) in [6.45, 7) is 19.0. The number of oxazole rings is 1. The van der Waals surface area contributed by atoms with Gasteiger partial charge in [0.25, 0.3) is 0 Å². The topological polar surface area (TPSA) is 65.7 Å². The van der Waals surface area contributed by atoms with E-state index in [2.05, 4.69) is 66.7 Å². The number of piperidine rings is 1. The number of hydrogen-bond donors (Lipinski definition) is 2. The fourth-order valence-corrected chi connectivity index (χ4v) is 3.01. The Morgan fingerprint density at radius 1 is 1.37 bits per heavy atom. The highest BCUT2D eigenvalue weighted by Gasteiger charge is 2.21. The average molecular weight is 489 g/mol. The minimum Gasteiger partial charge on any atom is -0.443 e. The molecule has 0 saturated carbocycles. The summed E-state index contributed by atoms with van der Waals surface area (Å²) in [7, 11) is 0. The number of nitrogens with zero attached hydrogens (tertiary/aromatic N) is 3. The van der Waals surface area contributed by atoms with Gasteiger partial charge < -0.3 is 15.1 Å². The van der Waals surface area contributed by atoms with E-state index in [1.807, 2.05) is 6.20 Å². The molecule has 0 aliphatic carbocycles. The van der Waals surface area contributed by atoms with Gasteiger partial charge in [-0.25, -0.2) is 9.98 Å². The minimum absolute atomic E-state index is 0. The van der Waals surface area contributed by atoms with Crippen LogP contribution in [0.1, 0.15) is 59.1 Å². The summed E-state index contributed by atoms with van der Waals surface area (Å²) >= 11 is 0. The van der Waals surface area contributed by atoms with Crippen molar-refractivity contribution in [2.24, 2.45) is 4.99 Å². The zero-order valence-electron chi connectivity index (χ0n) is 17.5. The van der Waals surface area contributed by atoms with Crippen LogP contribution in [-0.2, 0) is 12.0 Å². The number of nitrogens with one attached hydrogen (secondary N) is 2. The number of aliphatic imine (C=N–C) groups is 1. The molecule has 0 radical (unpaired) electrons. The van der Waals surface area contributed by atoms with E-state index in [1.165, 1.54) is 5.57 Å². The first-order valence-corrected chi connectivity index (χ1v) is 9.64. The van der Waals surface area contributed by atoms with Gasteiger partial charge in [-0.1, -0.05) is 32.9 Å². The summed E-state index contributed by atoms with van der Waals surface area (Å²) in [4.78, 5) is 11.5. The van der Waals surface area contributed by atoms with Gasteiger partial charge in [0.15, 0.2) is 5.96 Å². The number of rotatable bonds is 6. The van der Waals surface area contributed by atoms with Crippen LogP contribution in [0.3, 0.4) is 0 Å². The second-order valence-electron chi connectivity index (χ2n) is 8.22. The molecule has 2 N–H and O–H groups in total. The standard InChI is InChI=1S/C20H35N5O.HI/c1-7-21-19(23-13-18-22-12-17(26-18)20(4,5)6)24-16-8-10-25(11-9-16)14-15(2)3;/h12,16H,2,7-11,13-14H2,1,3-6H3,(H2,21,23,24);1H. The minimum atomic E-state index is -0.0323. The largest absolute Gasteiger partial charge is 0.443 e. The van der Waals surface area contributed by atoms with Crippen molar-refractivity contribution in [1.82, 2.24) is 20.5 Å². The Bertz CT molecular complexity index is 612. The Morgan fingerprint density at radius 3 is 2.56 bits per heavy atom. The van der Waals surface area contributed by atoms with Gasteiger partial charge in [-0.05, 0) is 26.7 Å². The Morgan fingerprint density at radius 2 is 2.04 bits per heavy atom. The summed E-state index contributed by atoms with van der Waals surface area (Å²) in [5.41, 5.74) is 1.20. The van der Waals surface area contributed by atoms with Gasteiger partial charge in [0.05, 0.1) is 6.20 Å². The maximum absolute atomic E-state index is 5.83. The quantitative estimate of drug-likeness (QED) is 0.276. The average Bonchev–Trinajstić information content (AvgIpc) is 3.03. The van der Waals surface area contributed by atoms with Crippen molar-refractivity contribution in [3.8, 4) is 0 Å². The smallest absolute Gasteiger partial charge is 0.216 e. The monoisotopic (exact) mass is 489 g/mol.